The first kappa shape index (κ1) is 32.0. The zero-order valence-electron chi connectivity index (χ0n) is 29.8. The normalized spacial score (nSPS) is 11.6. The van der Waals surface area contributed by atoms with E-state index in [0.717, 1.165) is 17.1 Å². The fourth-order valence-corrected chi connectivity index (χ4v) is 10.6. The lowest BCUT2D eigenvalue weighted by atomic mass is 9.97. The van der Waals surface area contributed by atoms with Gasteiger partial charge in [0.1, 0.15) is 0 Å². The van der Waals surface area contributed by atoms with Crippen LogP contribution in [0.4, 0.5) is 17.1 Å². The molecule has 0 spiro atoms. The summed E-state index contributed by atoms with van der Waals surface area (Å²) in [5.41, 5.74) is 10.7. The molecule has 3 heteroatoms. The van der Waals surface area contributed by atoms with E-state index in [9.17, 15) is 0 Å². The van der Waals surface area contributed by atoms with Gasteiger partial charge in [-0.3, -0.25) is 0 Å². The summed E-state index contributed by atoms with van der Waals surface area (Å²) in [5, 5.41) is 7.75. The molecule has 2 aromatic heterocycles. The Morgan fingerprint density at radius 2 is 0.964 bits per heavy atom. The maximum atomic E-state index is 2.45. The molecule has 0 atom stereocenters. The van der Waals surface area contributed by atoms with Gasteiger partial charge in [0.25, 0.3) is 0 Å². The number of anilines is 3. The van der Waals surface area contributed by atoms with E-state index in [0.29, 0.717) is 0 Å². The molecule has 1 nitrogen and oxygen atoms in total. The second-order valence-electron chi connectivity index (χ2n) is 14.1. The molecule has 0 aliphatic rings. The van der Waals surface area contributed by atoms with Crippen LogP contribution in [0.2, 0.25) is 0 Å². The van der Waals surface area contributed by atoms with E-state index in [1.807, 2.05) is 22.7 Å². The molecule has 0 fully saturated rings. The molecule has 0 N–H and O–H groups in total. The number of thiophene rings is 2. The third-order valence-corrected chi connectivity index (χ3v) is 13.2. The highest BCUT2D eigenvalue weighted by molar-refractivity contribution is 7.26. The minimum atomic E-state index is 1.11. The highest BCUT2D eigenvalue weighted by Crippen LogP contribution is 2.47. The van der Waals surface area contributed by atoms with Crippen LogP contribution in [-0.4, -0.2) is 0 Å². The summed E-state index contributed by atoms with van der Waals surface area (Å²) in [6, 6.07) is 73.4. The summed E-state index contributed by atoms with van der Waals surface area (Å²) < 4.78 is 5.25. The van der Waals surface area contributed by atoms with Crippen LogP contribution in [0.1, 0.15) is 0 Å². The lowest BCUT2D eigenvalue weighted by Crippen LogP contribution is -2.11. The molecule has 0 saturated heterocycles. The standard InChI is InChI=1S/C52H33NS2/c1-2-13-36-32-37(27-26-34(36)12-1)35-28-30-39(31-29-35)53(40-15-9-14-38(33-40)41-19-11-25-50-51(41)46-18-5-8-24-49(46)54-50)47-22-6-3-16-42(47)44-20-10-21-45-43-17-4-7-23-48(43)55-52(44)45/h1-33H. The van der Waals surface area contributed by atoms with Crippen molar-refractivity contribution in [2.24, 2.45) is 0 Å². The van der Waals surface area contributed by atoms with Crippen molar-refractivity contribution >= 4 is 90.9 Å². The average Bonchev–Trinajstić information content (AvgIpc) is 3.83. The van der Waals surface area contributed by atoms with E-state index in [1.165, 1.54) is 84.5 Å². The predicted molar refractivity (Wildman–Crippen MR) is 241 cm³/mol. The molecular formula is C52H33NS2. The van der Waals surface area contributed by atoms with Crippen molar-refractivity contribution in [2.75, 3.05) is 4.90 Å². The van der Waals surface area contributed by atoms with Crippen molar-refractivity contribution in [2.45, 2.75) is 0 Å². The first-order valence-corrected chi connectivity index (χ1v) is 20.3. The van der Waals surface area contributed by atoms with Gasteiger partial charge in [-0.05, 0) is 87.6 Å². The van der Waals surface area contributed by atoms with Gasteiger partial charge in [0.15, 0.2) is 0 Å². The van der Waals surface area contributed by atoms with E-state index in [1.54, 1.807) is 0 Å². The van der Waals surface area contributed by atoms with Gasteiger partial charge in [0, 0.05) is 62.8 Å². The van der Waals surface area contributed by atoms with E-state index in [2.05, 4.69) is 205 Å². The molecular weight excluding hydrogens is 703 g/mol. The minimum absolute atomic E-state index is 1.11. The lowest BCUT2D eigenvalue weighted by Gasteiger charge is -2.28. The van der Waals surface area contributed by atoms with Crippen LogP contribution < -0.4 is 4.90 Å². The number of para-hydroxylation sites is 1. The van der Waals surface area contributed by atoms with E-state index in [4.69, 9.17) is 0 Å². The van der Waals surface area contributed by atoms with Gasteiger partial charge in [-0.25, -0.2) is 0 Å². The molecule has 55 heavy (non-hydrogen) atoms. The predicted octanol–water partition coefficient (Wildman–Crippen LogP) is 16.0. The maximum absolute atomic E-state index is 2.45. The smallest absolute Gasteiger partial charge is 0.0540 e. The SMILES string of the molecule is c1cc(-c2cccc3sc4ccccc4c23)cc(N(c2ccc(-c3ccc4ccccc4c3)cc2)c2ccccc2-c2cccc3c2sc2ccccc23)c1. The van der Waals surface area contributed by atoms with Gasteiger partial charge >= 0.3 is 0 Å². The van der Waals surface area contributed by atoms with Crippen LogP contribution in [0.15, 0.2) is 200 Å². The van der Waals surface area contributed by atoms with Crippen molar-refractivity contribution in [1.29, 1.82) is 0 Å². The first-order chi connectivity index (χ1) is 27.3. The molecule has 11 rings (SSSR count). The number of fused-ring (bicyclic) bond motifs is 7. The zero-order chi connectivity index (χ0) is 36.3. The maximum Gasteiger partial charge on any atom is 0.0540 e. The number of hydrogen-bond donors (Lipinski definition) is 0. The summed E-state index contributed by atoms with van der Waals surface area (Å²) in [4.78, 5) is 2.45. The second-order valence-corrected chi connectivity index (χ2v) is 16.2. The Morgan fingerprint density at radius 3 is 1.85 bits per heavy atom. The van der Waals surface area contributed by atoms with Crippen LogP contribution in [0.5, 0.6) is 0 Å². The molecule has 11 aromatic rings. The number of rotatable bonds is 6. The van der Waals surface area contributed by atoms with Gasteiger partial charge in [0.05, 0.1) is 5.69 Å². The number of nitrogens with zero attached hydrogens (tertiary/aromatic N) is 1. The first-order valence-electron chi connectivity index (χ1n) is 18.7. The Morgan fingerprint density at radius 1 is 0.327 bits per heavy atom. The molecule has 0 saturated carbocycles. The molecule has 9 aromatic carbocycles. The average molecular weight is 736 g/mol. The zero-order valence-corrected chi connectivity index (χ0v) is 31.4. The van der Waals surface area contributed by atoms with Crippen molar-refractivity contribution < 1.29 is 0 Å². The Balaban J connectivity index is 1.11. The molecule has 0 unspecified atom stereocenters. The van der Waals surface area contributed by atoms with E-state index >= 15 is 0 Å². The third kappa shape index (κ3) is 5.43. The highest BCUT2D eigenvalue weighted by atomic mass is 32.1. The van der Waals surface area contributed by atoms with Gasteiger partial charge in [-0.2, -0.15) is 0 Å². The van der Waals surface area contributed by atoms with Gasteiger partial charge in [-0.1, -0.05) is 146 Å². The summed E-state index contributed by atoms with van der Waals surface area (Å²) >= 11 is 3.75. The molecule has 0 aliphatic heterocycles. The summed E-state index contributed by atoms with van der Waals surface area (Å²) in [6.45, 7) is 0. The van der Waals surface area contributed by atoms with Crippen molar-refractivity contribution in [3.05, 3.63) is 200 Å². The summed E-state index contributed by atoms with van der Waals surface area (Å²) in [7, 11) is 0. The Kier molecular flexibility index (Phi) is 7.61. The topological polar surface area (TPSA) is 3.24 Å². The van der Waals surface area contributed by atoms with Gasteiger partial charge < -0.3 is 4.90 Å². The quantitative estimate of drug-likeness (QED) is 0.164. The molecule has 0 amide bonds. The number of hydrogen-bond acceptors (Lipinski definition) is 3. The summed E-state index contributed by atoms with van der Waals surface area (Å²) in [5.74, 6) is 0. The fraction of sp³-hybridized carbons (Fsp3) is 0. The van der Waals surface area contributed by atoms with Gasteiger partial charge in [0.2, 0.25) is 0 Å². The van der Waals surface area contributed by atoms with Crippen LogP contribution in [0, 0.1) is 0 Å². The van der Waals surface area contributed by atoms with E-state index in [-0.39, 0.29) is 0 Å². The van der Waals surface area contributed by atoms with Crippen molar-refractivity contribution in [3.8, 4) is 33.4 Å². The Hall–Kier alpha value is -6.52. The number of benzene rings is 9. The largest absolute Gasteiger partial charge is 0.310 e. The third-order valence-electron chi connectivity index (χ3n) is 10.9. The van der Waals surface area contributed by atoms with Gasteiger partial charge in [-0.15, -0.1) is 22.7 Å². The van der Waals surface area contributed by atoms with Crippen LogP contribution in [-0.2, 0) is 0 Å². The Labute approximate surface area is 327 Å². The molecule has 0 radical (unpaired) electrons. The second kappa shape index (κ2) is 13.1. The van der Waals surface area contributed by atoms with Crippen molar-refractivity contribution in [3.63, 3.8) is 0 Å². The monoisotopic (exact) mass is 735 g/mol. The van der Waals surface area contributed by atoms with E-state index < -0.39 is 0 Å². The van der Waals surface area contributed by atoms with Crippen molar-refractivity contribution in [1.82, 2.24) is 0 Å². The lowest BCUT2D eigenvalue weighted by molar-refractivity contribution is 1.28. The molecule has 0 bridgehead atoms. The Bertz CT molecular complexity index is 3220. The van der Waals surface area contributed by atoms with Crippen LogP contribution >= 0.6 is 22.7 Å². The molecule has 258 valence electrons. The molecule has 2 heterocycles. The van der Waals surface area contributed by atoms with Crippen LogP contribution in [0.25, 0.3) is 84.5 Å². The van der Waals surface area contributed by atoms with Crippen LogP contribution in [0.3, 0.4) is 0 Å². The fourth-order valence-electron chi connectivity index (χ4n) is 8.28. The highest BCUT2D eigenvalue weighted by Gasteiger charge is 2.21. The minimum Gasteiger partial charge on any atom is -0.310 e. The molecule has 0 aliphatic carbocycles. The summed E-state index contributed by atoms with van der Waals surface area (Å²) in [6.07, 6.45) is 0.